The normalized spacial score (nSPS) is 29.4. The van der Waals surface area contributed by atoms with Crippen molar-refractivity contribution in [2.24, 2.45) is 10.8 Å². The van der Waals surface area contributed by atoms with Crippen molar-refractivity contribution < 1.29 is 4.79 Å². The Morgan fingerprint density at radius 3 is 1.71 bits per heavy atom. The zero-order chi connectivity index (χ0) is 24.3. The van der Waals surface area contributed by atoms with Gasteiger partial charge in [0.05, 0.1) is 5.41 Å². The molecule has 0 aliphatic heterocycles. The third-order valence-electron chi connectivity index (χ3n) is 10.8. The smallest absolute Gasteiger partial charge is 0.155 e. The lowest BCUT2D eigenvalue weighted by atomic mass is 9.49. The van der Waals surface area contributed by atoms with E-state index in [1.54, 1.807) is 0 Å². The van der Waals surface area contributed by atoms with Gasteiger partial charge in [0, 0.05) is 10.8 Å². The minimum atomic E-state index is -0.696. The van der Waals surface area contributed by atoms with E-state index in [-0.39, 0.29) is 16.2 Å². The summed E-state index contributed by atoms with van der Waals surface area (Å²) in [6, 6.07) is 30.9. The lowest BCUT2D eigenvalue weighted by molar-refractivity contribution is -0.132. The van der Waals surface area contributed by atoms with Crippen molar-refractivity contribution in [2.45, 2.75) is 82.5 Å². The number of hydrogen-bond acceptors (Lipinski definition) is 1. The molecule has 2 unspecified atom stereocenters. The average molecular weight is 463 g/mol. The molecule has 2 bridgehead atoms. The lowest BCUT2D eigenvalue weighted by Crippen LogP contribution is -2.54. The van der Waals surface area contributed by atoms with Gasteiger partial charge >= 0.3 is 0 Å². The number of rotatable bonds is 4. The van der Waals surface area contributed by atoms with Crippen LogP contribution in [0.15, 0.2) is 84.9 Å². The Hall–Kier alpha value is -2.67. The van der Waals surface area contributed by atoms with E-state index in [9.17, 15) is 4.79 Å². The first-order chi connectivity index (χ1) is 16.9. The maximum absolute atomic E-state index is 14.9. The highest BCUT2D eigenvalue weighted by atomic mass is 16.1. The molecule has 0 radical (unpaired) electrons. The van der Waals surface area contributed by atoms with E-state index >= 15 is 0 Å². The summed E-state index contributed by atoms with van der Waals surface area (Å²) in [5, 5.41) is 0. The van der Waals surface area contributed by atoms with E-state index in [1.807, 2.05) is 0 Å². The molecule has 35 heavy (non-hydrogen) atoms. The van der Waals surface area contributed by atoms with Gasteiger partial charge in [0.2, 0.25) is 0 Å². The van der Waals surface area contributed by atoms with Gasteiger partial charge in [0.1, 0.15) is 0 Å². The van der Waals surface area contributed by atoms with Gasteiger partial charge < -0.3 is 0 Å². The highest BCUT2D eigenvalue weighted by Gasteiger charge is 2.81. The quantitative estimate of drug-likeness (QED) is 0.380. The van der Waals surface area contributed by atoms with E-state index < -0.39 is 5.41 Å². The molecule has 0 N–H and O–H groups in total. The summed E-state index contributed by atoms with van der Waals surface area (Å²) in [6.45, 7) is 7.00. The first-order valence-corrected chi connectivity index (χ1v) is 13.7. The fourth-order valence-corrected chi connectivity index (χ4v) is 8.69. The van der Waals surface area contributed by atoms with Crippen LogP contribution in [0.1, 0.15) is 93.9 Å². The standard InChI is InChI=1S/C34H38O/c1-31(2)32(3)23-24-33(31,27-21-19-26(20-22-27)25-13-7-4-8-14-25)34(30(32)35,28-15-9-5-10-16-28)29-17-11-6-12-18-29/h5-6,9-12,15-22,25H,4,7-8,13-14,23-24H2,1-3H3. The zero-order valence-corrected chi connectivity index (χ0v) is 21.5. The first kappa shape index (κ1) is 22.8. The predicted molar refractivity (Wildman–Crippen MR) is 144 cm³/mol. The first-order valence-electron chi connectivity index (χ1n) is 13.7. The highest BCUT2D eigenvalue weighted by molar-refractivity contribution is 6.05. The Morgan fingerprint density at radius 2 is 1.17 bits per heavy atom. The van der Waals surface area contributed by atoms with Gasteiger partial charge in [-0.05, 0) is 59.3 Å². The predicted octanol–water partition coefficient (Wildman–Crippen LogP) is 8.37. The molecule has 0 spiro atoms. The Balaban J connectivity index is 1.62. The Bertz CT molecular complexity index is 1180. The Labute approximate surface area is 211 Å². The van der Waals surface area contributed by atoms with Gasteiger partial charge in [-0.1, -0.05) is 125 Å². The molecule has 0 heterocycles. The molecule has 3 fully saturated rings. The van der Waals surface area contributed by atoms with Gasteiger partial charge in [-0.2, -0.15) is 0 Å². The van der Waals surface area contributed by atoms with Gasteiger partial charge in [-0.25, -0.2) is 0 Å². The largest absolute Gasteiger partial charge is 0.298 e. The van der Waals surface area contributed by atoms with Crippen LogP contribution in [-0.4, -0.2) is 5.78 Å². The lowest BCUT2D eigenvalue weighted by Gasteiger charge is -2.51. The number of hydrogen-bond donors (Lipinski definition) is 0. The number of carbonyl (C=O) groups excluding carboxylic acids is 1. The molecule has 3 aromatic rings. The van der Waals surface area contributed by atoms with Crippen molar-refractivity contribution >= 4 is 5.78 Å². The van der Waals surface area contributed by atoms with Crippen LogP contribution in [0.4, 0.5) is 0 Å². The van der Waals surface area contributed by atoms with Crippen molar-refractivity contribution in [3.05, 3.63) is 107 Å². The van der Waals surface area contributed by atoms with Crippen LogP contribution in [0.2, 0.25) is 0 Å². The molecule has 0 saturated heterocycles. The van der Waals surface area contributed by atoms with Crippen molar-refractivity contribution in [3.8, 4) is 0 Å². The van der Waals surface area contributed by atoms with Crippen molar-refractivity contribution in [1.29, 1.82) is 0 Å². The average Bonchev–Trinajstić information content (AvgIpc) is 3.19. The molecule has 3 aromatic carbocycles. The van der Waals surface area contributed by atoms with Crippen LogP contribution in [0.25, 0.3) is 0 Å². The summed E-state index contributed by atoms with van der Waals surface area (Å²) >= 11 is 0. The number of benzene rings is 3. The molecule has 3 aliphatic rings. The van der Waals surface area contributed by atoms with E-state index in [2.05, 4.69) is 106 Å². The second-order valence-corrected chi connectivity index (χ2v) is 12.1. The minimum absolute atomic E-state index is 0.185. The minimum Gasteiger partial charge on any atom is -0.298 e. The summed E-state index contributed by atoms with van der Waals surface area (Å²) in [5.74, 6) is 1.09. The van der Waals surface area contributed by atoms with Gasteiger partial charge in [-0.3, -0.25) is 4.79 Å². The Kier molecular flexibility index (Phi) is 5.15. The maximum Gasteiger partial charge on any atom is 0.155 e. The van der Waals surface area contributed by atoms with Gasteiger partial charge in [0.15, 0.2) is 5.78 Å². The molecule has 3 aliphatic carbocycles. The fraction of sp³-hybridized carbons (Fsp3) is 0.441. The monoisotopic (exact) mass is 462 g/mol. The summed E-state index contributed by atoms with van der Waals surface area (Å²) in [7, 11) is 0. The van der Waals surface area contributed by atoms with E-state index in [1.165, 1.54) is 43.2 Å². The van der Waals surface area contributed by atoms with Crippen molar-refractivity contribution in [1.82, 2.24) is 0 Å². The molecule has 0 aromatic heterocycles. The summed E-state index contributed by atoms with van der Waals surface area (Å²) < 4.78 is 0. The van der Waals surface area contributed by atoms with Crippen LogP contribution in [0.3, 0.4) is 0 Å². The molecule has 1 nitrogen and oxygen atoms in total. The molecular formula is C34H38O. The Morgan fingerprint density at radius 1 is 0.629 bits per heavy atom. The SMILES string of the molecule is CC12CCC(c3ccc(C4CCCCC4)cc3)(C(c3ccccc3)(c3ccccc3)C1=O)C2(C)C. The summed E-state index contributed by atoms with van der Waals surface area (Å²) in [5.41, 5.74) is 3.55. The highest BCUT2D eigenvalue weighted by Crippen LogP contribution is 2.78. The molecule has 3 saturated carbocycles. The number of ketones is 1. The molecule has 1 heteroatoms. The van der Waals surface area contributed by atoms with Gasteiger partial charge in [0.25, 0.3) is 0 Å². The molecular weight excluding hydrogens is 424 g/mol. The van der Waals surface area contributed by atoms with Crippen LogP contribution in [0, 0.1) is 10.8 Å². The third kappa shape index (κ3) is 2.73. The second-order valence-electron chi connectivity index (χ2n) is 12.1. The van der Waals surface area contributed by atoms with Crippen LogP contribution < -0.4 is 0 Å². The zero-order valence-electron chi connectivity index (χ0n) is 21.5. The van der Waals surface area contributed by atoms with E-state index in [0.717, 1.165) is 24.0 Å². The maximum atomic E-state index is 14.9. The number of fused-ring (bicyclic) bond motifs is 2. The van der Waals surface area contributed by atoms with Crippen molar-refractivity contribution in [3.63, 3.8) is 0 Å². The third-order valence-corrected chi connectivity index (χ3v) is 10.8. The van der Waals surface area contributed by atoms with Gasteiger partial charge in [-0.15, -0.1) is 0 Å². The van der Waals surface area contributed by atoms with E-state index in [0.29, 0.717) is 11.7 Å². The van der Waals surface area contributed by atoms with Crippen LogP contribution in [-0.2, 0) is 15.6 Å². The number of Topliss-reactive ketones (excluding diaryl/α,β-unsaturated/α-hetero) is 1. The van der Waals surface area contributed by atoms with Crippen LogP contribution >= 0.6 is 0 Å². The molecule has 0 amide bonds. The topological polar surface area (TPSA) is 17.1 Å². The fourth-order valence-electron chi connectivity index (χ4n) is 8.69. The van der Waals surface area contributed by atoms with Crippen molar-refractivity contribution in [2.75, 3.05) is 0 Å². The second kappa shape index (κ2) is 7.92. The summed E-state index contributed by atoms with van der Waals surface area (Å²) in [6.07, 6.45) is 8.67. The number of carbonyl (C=O) groups is 1. The molecule has 6 rings (SSSR count). The van der Waals surface area contributed by atoms with E-state index in [4.69, 9.17) is 0 Å². The molecule has 2 atom stereocenters. The van der Waals surface area contributed by atoms with Crippen LogP contribution in [0.5, 0.6) is 0 Å². The molecule has 180 valence electrons. The summed E-state index contributed by atoms with van der Waals surface area (Å²) in [4.78, 5) is 14.9.